The maximum Gasteiger partial charge on any atom is 0.147 e. The van der Waals surface area contributed by atoms with Crippen molar-refractivity contribution in [3.05, 3.63) is 63.6 Å². The topological polar surface area (TPSA) is 12.0 Å². The van der Waals surface area contributed by atoms with E-state index in [1.807, 2.05) is 0 Å². The molecule has 0 fully saturated rings. The van der Waals surface area contributed by atoms with E-state index in [9.17, 15) is 17.6 Å². The van der Waals surface area contributed by atoms with Crippen molar-refractivity contribution >= 4 is 21.6 Å². The number of nitrogens with one attached hydrogen (secondary N) is 1. The number of rotatable bonds is 3. The van der Waals surface area contributed by atoms with Crippen molar-refractivity contribution in [3.8, 4) is 0 Å². The van der Waals surface area contributed by atoms with E-state index < -0.39 is 29.3 Å². The third-order valence-electron chi connectivity index (χ3n) is 2.77. The molecule has 2 aromatic carbocycles. The Bertz CT molecular complexity index is 625. The number of halogens is 5. The van der Waals surface area contributed by atoms with Crippen molar-refractivity contribution in [3.63, 3.8) is 0 Å². The van der Waals surface area contributed by atoms with E-state index in [4.69, 9.17) is 0 Å². The van der Waals surface area contributed by atoms with Crippen LogP contribution in [0.5, 0.6) is 0 Å². The molecule has 1 unspecified atom stereocenters. The maximum atomic E-state index is 13.7. The molecular weight excluding hydrogens is 338 g/mol. The second kappa shape index (κ2) is 5.83. The van der Waals surface area contributed by atoms with Gasteiger partial charge in [-0.15, -0.1) is 0 Å². The standard InChI is InChI=1S/C14H10BrF4N/c1-7(8-2-9(16)4-10(17)3-8)20-14-6-12(18)11(15)5-13(14)19/h2-7,20H,1H3. The van der Waals surface area contributed by atoms with Gasteiger partial charge in [-0.2, -0.15) is 0 Å². The fourth-order valence-electron chi connectivity index (χ4n) is 1.77. The predicted octanol–water partition coefficient (Wildman–Crippen LogP) is 5.18. The lowest BCUT2D eigenvalue weighted by atomic mass is 10.1. The van der Waals surface area contributed by atoms with Gasteiger partial charge < -0.3 is 5.32 Å². The molecule has 0 saturated carbocycles. The lowest BCUT2D eigenvalue weighted by Crippen LogP contribution is -2.09. The van der Waals surface area contributed by atoms with E-state index in [0.717, 1.165) is 30.3 Å². The van der Waals surface area contributed by atoms with Crippen molar-refractivity contribution in [2.75, 3.05) is 5.32 Å². The van der Waals surface area contributed by atoms with Crippen LogP contribution in [-0.4, -0.2) is 0 Å². The van der Waals surface area contributed by atoms with E-state index in [1.54, 1.807) is 6.92 Å². The van der Waals surface area contributed by atoms with Gasteiger partial charge in [0.1, 0.15) is 23.3 Å². The van der Waals surface area contributed by atoms with Crippen LogP contribution in [-0.2, 0) is 0 Å². The predicted molar refractivity (Wildman–Crippen MR) is 72.5 cm³/mol. The van der Waals surface area contributed by atoms with Crippen LogP contribution in [0.15, 0.2) is 34.8 Å². The Labute approximate surface area is 121 Å². The Hall–Kier alpha value is -1.56. The third kappa shape index (κ3) is 3.30. The molecule has 0 saturated heterocycles. The zero-order valence-electron chi connectivity index (χ0n) is 10.4. The summed E-state index contributed by atoms with van der Waals surface area (Å²) in [5, 5.41) is 2.68. The molecule has 1 N–H and O–H groups in total. The van der Waals surface area contributed by atoms with E-state index in [0.29, 0.717) is 5.56 Å². The lowest BCUT2D eigenvalue weighted by molar-refractivity contribution is 0.576. The molecule has 0 aliphatic rings. The first-order valence-corrected chi connectivity index (χ1v) is 6.53. The molecule has 2 aromatic rings. The second-order valence-electron chi connectivity index (χ2n) is 4.31. The SMILES string of the molecule is CC(Nc1cc(F)c(Br)cc1F)c1cc(F)cc(F)c1. The molecule has 2 rings (SSSR count). The Morgan fingerprint density at radius 3 is 2.10 bits per heavy atom. The maximum absolute atomic E-state index is 13.7. The van der Waals surface area contributed by atoms with E-state index in [1.165, 1.54) is 0 Å². The molecule has 20 heavy (non-hydrogen) atoms. The molecule has 0 aliphatic carbocycles. The van der Waals surface area contributed by atoms with Crippen LogP contribution in [0.3, 0.4) is 0 Å². The highest BCUT2D eigenvalue weighted by Crippen LogP contribution is 2.27. The van der Waals surface area contributed by atoms with Crippen LogP contribution in [0.25, 0.3) is 0 Å². The number of anilines is 1. The van der Waals surface area contributed by atoms with Gasteiger partial charge in [-0.1, -0.05) is 0 Å². The van der Waals surface area contributed by atoms with E-state index >= 15 is 0 Å². The molecule has 0 amide bonds. The van der Waals surface area contributed by atoms with E-state index in [-0.39, 0.29) is 10.2 Å². The molecule has 1 atom stereocenters. The van der Waals surface area contributed by atoms with Crippen LogP contribution in [0.2, 0.25) is 0 Å². The van der Waals surface area contributed by atoms with Crippen molar-refractivity contribution in [2.45, 2.75) is 13.0 Å². The summed E-state index contributed by atoms with van der Waals surface area (Å²) in [4.78, 5) is 0. The monoisotopic (exact) mass is 347 g/mol. The summed E-state index contributed by atoms with van der Waals surface area (Å²) in [5.41, 5.74) is 0.216. The first kappa shape index (κ1) is 14.8. The average Bonchev–Trinajstić information content (AvgIpc) is 2.34. The van der Waals surface area contributed by atoms with Crippen molar-refractivity contribution in [1.82, 2.24) is 0 Å². The van der Waals surface area contributed by atoms with Crippen LogP contribution >= 0.6 is 15.9 Å². The molecule has 0 heterocycles. The summed E-state index contributed by atoms with van der Waals surface area (Å²) in [7, 11) is 0. The molecule has 0 spiro atoms. The molecule has 6 heteroatoms. The summed E-state index contributed by atoms with van der Waals surface area (Å²) in [6.07, 6.45) is 0. The van der Waals surface area contributed by atoms with Gasteiger partial charge in [-0.3, -0.25) is 0 Å². The Morgan fingerprint density at radius 1 is 0.900 bits per heavy atom. The average molecular weight is 348 g/mol. The van der Waals surface area contributed by atoms with Crippen LogP contribution < -0.4 is 5.32 Å². The molecular formula is C14H10BrF4N. The highest BCUT2D eigenvalue weighted by Gasteiger charge is 2.13. The summed E-state index contributed by atoms with van der Waals surface area (Å²) in [6, 6.07) is 4.38. The Balaban J connectivity index is 2.27. The summed E-state index contributed by atoms with van der Waals surface area (Å²) < 4.78 is 53.3. The molecule has 0 bridgehead atoms. The summed E-state index contributed by atoms with van der Waals surface area (Å²) in [6.45, 7) is 1.59. The van der Waals surface area contributed by atoms with E-state index in [2.05, 4.69) is 21.2 Å². The second-order valence-corrected chi connectivity index (χ2v) is 5.17. The first-order valence-electron chi connectivity index (χ1n) is 5.74. The van der Waals surface area contributed by atoms with Gasteiger partial charge in [-0.25, -0.2) is 17.6 Å². The van der Waals surface area contributed by atoms with Gasteiger partial charge in [0.05, 0.1) is 10.2 Å². The number of hydrogen-bond donors (Lipinski definition) is 1. The fraction of sp³-hybridized carbons (Fsp3) is 0.143. The molecule has 0 aliphatic heterocycles. The van der Waals surface area contributed by atoms with Gasteiger partial charge in [0, 0.05) is 18.2 Å². The summed E-state index contributed by atoms with van der Waals surface area (Å²) in [5.74, 6) is -2.75. The van der Waals surface area contributed by atoms with Gasteiger partial charge in [0.25, 0.3) is 0 Å². The number of benzene rings is 2. The fourth-order valence-corrected chi connectivity index (χ4v) is 2.09. The van der Waals surface area contributed by atoms with Gasteiger partial charge in [0.15, 0.2) is 0 Å². The Kier molecular flexibility index (Phi) is 4.32. The zero-order chi connectivity index (χ0) is 14.9. The van der Waals surface area contributed by atoms with Crippen LogP contribution in [0, 0.1) is 23.3 Å². The zero-order valence-corrected chi connectivity index (χ0v) is 11.9. The Morgan fingerprint density at radius 2 is 1.50 bits per heavy atom. The van der Waals surface area contributed by atoms with Crippen LogP contribution in [0.1, 0.15) is 18.5 Å². The first-order chi connectivity index (χ1) is 9.36. The highest BCUT2D eigenvalue weighted by atomic mass is 79.9. The molecule has 0 aromatic heterocycles. The van der Waals surface area contributed by atoms with Crippen molar-refractivity contribution in [2.24, 2.45) is 0 Å². The van der Waals surface area contributed by atoms with Gasteiger partial charge >= 0.3 is 0 Å². The molecule has 0 radical (unpaired) electrons. The van der Waals surface area contributed by atoms with Crippen molar-refractivity contribution in [1.29, 1.82) is 0 Å². The van der Waals surface area contributed by atoms with Gasteiger partial charge in [0.2, 0.25) is 0 Å². The minimum Gasteiger partial charge on any atom is -0.376 e. The minimum atomic E-state index is -0.726. The lowest BCUT2D eigenvalue weighted by Gasteiger charge is -2.17. The number of hydrogen-bond acceptors (Lipinski definition) is 1. The summed E-state index contributed by atoms with van der Waals surface area (Å²) >= 11 is 2.87. The third-order valence-corrected chi connectivity index (χ3v) is 3.37. The van der Waals surface area contributed by atoms with Crippen LogP contribution in [0.4, 0.5) is 23.2 Å². The molecule has 106 valence electrons. The molecule has 1 nitrogen and oxygen atoms in total. The quantitative estimate of drug-likeness (QED) is 0.595. The smallest absolute Gasteiger partial charge is 0.147 e. The minimum absolute atomic E-state index is 0.00463. The normalized spacial score (nSPS) is 12.3. The largest absolute Gasteiger partial charge is 0.376 e. The van der Waals surface area contributed by atoms with Gasteiger partial charge in [-0.05, 0) is 46.6 Å². The highest BCUT2D eigenvalue weighted by molar-refractivity contribution is 9.10. The van der Waals surface area contributed by atoms with Crippen molar-refractivity contribution < 1.29 is 17.6 Å².